The largest absolute Gasteiger partial charge is 0.573 e. The lowest BCUT2D eigenvalue weighted by molar-refractivity contribution is -0.274. The highest BCUT2D eigenvalue weighted by Gasteiger charge is 2.33. The minimum atomic E-state index is -4.74. The molecule has 26 heavy (non-hydrogen) atoms. The number of nitrogens with one attached hydrogen (secondary N) is 2. The predicted octanol–water partition coefficient (Wildman–Crippen LogP) is 3.66. The maximum absolute atomic E-state index is 12.1. The Bertz CT molecular complexity index is 662. The van der Waals surface area contributed by atoms with E-state index >= 15 is 0 Å². The second-order valence-electron chi connectivity index (χ2n) is 6.93. The summed E-state index contributed by atoms with van der Waals surface area (Å²) in [7, 11) is 0. The van der Waals surface area contributed by atoms with E-state index in [1.54, 1.807) is 0 Å². The number of hydrogen-bond donors (Lipinski definition) is 2. The number of nitrogens with zero attached hydrogens (tertiary/aromatic N) is 1. The SMILES string of the molecule is CC1CC(C)(C)NC(=S)N1CCC(=O)Nc1ccc(OC(F)(F)F)cc1. The Morgan fingerprint density at radius 2 is 2.00 bits per heavy atom. The highest BCUT2D eigenvalue weighted by molar-refractivity contribution is 7.80. The molecule has 2 N–H and O–H groups in total. The van der Waals surface area contributed by atoms with Gasteiger partial charge in [0.2, 0.25) is 5.91 Å². The molecule has 1 saturated heterocycles. The predicted molar refractivity (Wildman–Crippen MR) is 97.0 cm³/mol. The molecule has 0 bridgehead atoms. The summed E-state index contributed by atoms with van der Waals surface area (Å²) in [6, 6.07) is 5.23. The first-order chi connectivity index (χ1) is 12.0. The summed E-state index contributed by atoms with van der Waals surface area (Å²) < 4.78 is 40.2. The molecule has 0 saturated carbocycles. The minimum Gasteiger partial charge on any atom is -0.406 e. The molecule has 1 aliphatic heterocycles. The highest BCUT2D eigenvalue weighted by atomic mass is 32.1. The van der Waals surface area contributed by atoms with Crippen LogP contribution in [0.2, 0.25) is 0 Å². The molecule has 1 atom stereocenters. The zero-order chi connectivity index (χ0) is 19.5. The molecule has 0 aromatic heterocycles. The van der Waals surface area contributed by atoms with Gasteiger partial charge < -0.3 is 20.3 Å². The smallest absolute Gasteiger partial charge is 0.406 e. The van der Waals surface area contributed by atoms with Crippen molar-refractivity contribution in [1.82, 2.24) is 10.2 Å². The summed E-state index contributed by atoms with van der Waals surface area (Å²) >= 11 is 5.37. The van der Waals surface area contributed by atoms with Gasteiger partial charge in [0, 0.05) is 30.2 Å². The summed E-state index contributed by atoms with van der Waals surface area (Å²) in [6.45, 7) is 6.67. The maximum Gasteiger partial charge on any atom is 0.573 e. The molecular weight excluding hydrogens is 367 g/mol. The van der Waals surface area contributed by atoms with E-state index in [9.17, 15) is 18.0 Å². The Labute approximate surface area is 155 Å². The maximum atomic E-state index is 12.1. The number of amides is 1. The van der Waals surface area contributed by atoms with Crippen LogP contribution in [0.3, 0.4) is 0 Å². The van der Waals surface area contributed by atoms with Gasteiger partial charge in [-0.3, -0.25) is 4.79 Å². The van der Waals surface area contributed by atoms with Crippen molar-refractivity contribution in [3.8, 4) is 5.75 Å². The number of halogens is 3. The summed E-state index contributed by atoms with van der Waals surface area (Å²) in [5.74, 6) is -0.578. The lowest BCUT2D eigenvalue weighted by atomic mass is 9.93. The average Bonchev–Trinajstić information content (AvgIpc) is 2.45. The van der Waals surface area contributed by atoms with Crippen LogP contribution in [0.15, 0.2) is 24.3 Å². The number of alkyl halides is 3. The number of benzene rings is 1. The Hall–Kier alpha value is -2.03. The molecule has 2 rings (SSSR count). The summed E-state index contributed by atoms with van der Waals surface area (Å²) in [5.41, 5.74) is 0.327. The Balaban J connectivity index is 1.84. The second-order valence-corrected chi connectivity index (χ2v) is 7.32. The van der Waals surface area contributed by atoms with E-state index in [-0.39, 0.29) is 29.7 Å². The van der Waals surface area contributed by atoms with E-state index in [0.29, 0.717) is 17.3 Å². The third-order valence-corrected chi connectivity index (χ3v) is 4.33. The fourth-order valence-electron chi connectivity index (χ4n) is 2.97. The standard InChI is InChI=1S/C17H22F3N3O2S/c1-11-10-16(2,3)22-15(26)23(11)9-8-14(24)21-12-4-6-13(7-5-12)25-17(18,19)20/h4-7,11H,8-10H2,1-3H3,(H,21,24)(H,22,26). The van der Waals surface area contributed by atoms with Crippen LogP contribution < -0.4 is 15.4 Å². The number of thiocarbonyl (C=S) groups is 1. The topological polar surface area (TPSA) is 53.6 Å². The van der Waals surface area contributed by atoms with Gasteiger partial charge >= 0.3 is 6.36 Å². The van der Waals surface area contributed by atoms with Gasteiger partial charge in [-0.2, -0.15) is 0 Å². The number of rotatable bonds is 5. The summed E-state index contributed by atoms with van der Waals surface area (Å²) in [6.07, 6.45) is -3.63. The first-order valence-corrected chi connectivity index (χ1v) is 8.60. The Kier molecular flexibility index (Phi) is 6.00. The third-order valence-electron chi connectivity index (χ3n) is 4.00. The first-order valence-electron chi connectivity index (χ1n) is 8.20. The van der Waals surface area contributed by atoms with Crippen molar-refractivity contribution in [2.45, 2.75) is 51.6 Å². The van der Waals surface area contributed by atoms with E-state index in [1.807, 2.05) is 4.90 Å². The molecule has 1 heterocycles. The monoisotopic (exact) mass is 389 g/mol. The van der Waals surface area contributed by atoms with Crippen molar-refractivity contribution in [1.29, 1.82) is 0 Å². The van der Waals surface area contributed by atoms with Crippen LogP contribution in [0.25, 0.3) is 0 Å². The molecule has 1 fully saturated rings. The van der Waals surface area contributed by atoms with Crippen LogP contribution in [-0.2, 0) is 4.79 Å². The van der Waals surface area contributed by atoms with Gasteiger partial charge in [0.05, 0.1) is 0 Å². The van der Waals surface area contributed by atoms with Gasteiger partial charge in [-0.15, -0.1) is 13.2 Å². The molecule has 1 aromatic carbocycles. The number of hydrogen-bond acceptors (Lipinski definition) is 3. The first kappa shape index (κ1) is 20.3. The van der Waals surface area contributed by atoms with Gasteiger partial charge in [-0.05, 0) is 63.7 Å². The highest BCUT2D eigenvalue weighted by Crippen LogP contribution is 2.24. The van der Waals surface area contributed by atoms with E-state index < -0.39 is 6.36 Å². The van der Waals surface area contributed by atoms with Crippen molar-refractivity contribution < 1.29 is 22.7 Å². The van der Waals surface area contributed by atoms with Crippen LogP contribution in [0, 0.1) is 0 Å². The second kappa shape index (κ2) is 7.69. The van der Waals surface area contributed by atoms with Gasteiger partial charge in [0.15, 0.2) is 5.11 Å². The zero-order valence-corrected chi connectivity index (χ0v) is 15.6. The molecule has 1 unspecified atom stereocenters. The summed E-state index contributed by atoms with van der Waals surface area (Å²) in [5, 5.41) is 6.53. The number of carbonyl (C=O) groups is 1. The van der Waals surface area contributed by atoms with Crippen molar-refractivity contribution in [2.24, 2.45) is 0 Å². The van der Waals surface area contributed by atoms with Crippen LogP contribution in [-0.4, -0.2) is 40.4 Å². The van der Waals surface area contributed by atoms with Crippen molar-refractivity contribution in [3.63, 3.8) is 0 Å². The molecule has 0 spiro atoms. The van der Waals surface area contributed by atoms with Crippen molar-refractivity contribution in [2.75, 3.05) is 11.9 Å². The van der Waals surface area contributed by atoms with Crippen LogP contribution >= 0.6 is 12.2 Å². The van der Waals surface area contributed by atoms with Gasteiger partial charge in [-0.1, -0.05) is 0 Å². The van der Waals surface area contributed by atoms with E-state index in [4.69, 9.17) is 12.2 Å². The molecular formula is C17H22F3N3O2S. The third kappa shape index (κ3) is 6.05. The van der Waals surface area contributed by atoms with Crippen molar-refractivity contribution in [3.05, 3.63) is 24.3 Å². The molecule has 0 radical (unpaired) electrons. The molecule has 1 aliphatic rings. The quantitative estimate of drug-likeness (QED) is 0.753. The fourth-order valence-corrected chi connectivity index (χ4v) is 3.52. The average molecular weight is 389 g/mol. The Morgan fingerprint density at radius 3 is 2.54 bits per heavy atom. The van der Waals surface area contributed by atoms with Crippen LogP contribution in [0.1, 0.15) is 33.6 Å². The van der Waals surface area contributed by atoms with Gasteiger partial charge in [0.25, 0.3) is 0 Å². The van der Waals surface area contributed by atoms with Crippen LogP contribution in [0.5, 0.6) is 5.75 Å². The van der Waals surface area contributed by atoms with Gasteiger partial charge in [-0.25, -0.2) is 0 Å². The normalized spacial score (nSPS) is 19.7. The molecule has 144 valence electrons. The lowest BCUT2D eigenvalue weighted by Gasteiger charge is -2.44. The van der Waals surface area contributed by atoms with E-state index in [2.05, 4.69) is 36.1 Å². The molecule has 9 heteroatoms. The number of anilines is 1. The zero-order valence-electron chi connectivity index (χ0n) is 14.8. The lowest BCUT2D eigenvalue weighted by Crippen LogP contribution is -2.60. The number of ether oxygens (including phenoxy) is 1. The molecule has 1 amide bonds. The van der Waals surface area contributed by atoms with Crippen LogP contribution in [0.4, 0.5) is 18.9 Å². The fraction of sp³-hybridized carbons (Fsp3) is 0.529. The van der Waals surface area contributed by atoms with E-state index in [1.165, 1.54) is 12.1 Å². The Morgan fingerprint density at radius 1 is 1.38 bits per heavy atom. The molecule has 1 aromatic rings. The molecule has 0 aliphatic carbocycles. The van der Waals surface area contributed by atoms with Gasteiger partial charge in [0.1, 0.15) is 5.75 Å². The minimum absolute atomic E-state index is 0.0739. The molecule has 5 nitrogen and oxygen atoms in total. The summed E-state index contributed by atoms with van der Waals surface area (Å²) in [4.78, 5) is 14.1. The number of carbonyl (C=O) groups excluding carboxylic acids is 1. The van der Waals surface area contributed by atoms with Crippen molar-refractivity contribution >= 4 is 28.9 Å². The van der Waals surface area contributed by atoms with E-state index in [0.717, 1.165) is 18.6 Å².